The zero-order chi connectivity index (χ0) is 13.3. The van der Waals surface area contributed by atoms with Gasteiger partial charge in [-0.05, 0) is 26.3 Å². The minimum absolute atomic E-state index is 0.0735. The first-order valence-electron chi connectivity index (χ1n) is 6.26. The van der Waals surface area contributed by atoms with Crippen molar-refractivity contribution in [3.05, 3.63) is 17.5 Å². The number of rotatable bonds is 2. The molecular weight excluding hydrogens is 228 g/mol. The highest BCUT2D eigenvalue weighted by Gasteiger charge is 2.30. The Labute approximate surface area is 108 Å². The smallest absolute Gasteiger partial charge is 0.227 e. The van der Waals surface area contributed by atoms with E-state index in [9.17, 15) is 4.79 Å². The van der Waals surface area contributed by atoms with E-state index >= 15 is 0 Å². The van der Waals surface area contributed by atoms with Gasteiger partial charge in [0.05, 0.1) is 5.92 Å². The van der Waals surface area contributed by atoms with Crippen molar-refractivity contribution in [2.24, 2.45) is 5.92 Å². The minimum Gasteiger partial charge on any atom is -0.349 e. The van der Waals surface area contributed by atoms with Crippen molar-refractivity contribution >= 4 is 11.9 Å². The summed E-state index contributed by atoms with van der Waals surface area (Å²) in [6.07, 6.45) is 0.882. The Hall–Kier alpha value is -1.65. The van der Waals surface area contributed by atoms with E-state index in [1.807, 2.05) is 19.9 Å². The van der Waals surface area contributed by atoms with Crippen LogP contribution in [0.1, 0.15) is 17.8 Å². The molecule has 1 amide bonds. The molecule has 1 aromatic rings. The maximum absolute atomic E-state index is 11.9. The normalized spacial score (nSPS) is 19.1. The molecule has 98 valence electrons. The van der Waals surface area contributed by atoms with Crippen LogP contribution in [0, 0.1) is 19.8 Å². The predicted molar refractivity (Wildman–Crippen MR) is 70.5 cm³/mol. The minimum atomic E-state index is 0.0735. The molecule has 2 heterocycles. The van der Waals surface area contributed by atoms with E-state index in [0.29, 0.717) is 0 Å². The van der Waals surface area contributed by atoms with Gasteiger partial charge in [-0.1, -0.05) is 0 Å². The van der Waals surface area contributed by atoms with E-state index in [2.05, 4.69) is 14.9 Å². The Kier molecular flexibility index (Phi) is 3.50. The largest absolute Gasteiger partial charge is 0.349 e. The molecule has 0 aromatic carbocycles. The summed E-state index contributed by atoms with van der Waals surface area (Å²) in [6.45, 7) is 5.51. The molecular formula is C13H20N4O. The summed E-state index contributed by atoms with van der Waals surface area (Å²) in [6, 6.07) is 1.96. The number of hydrogen-bond acceptors (Lipinski definition) is 4. The molecule has 1 unspecified atom stereocenters. The van der Waals surface area contributed by atoms with Crippen molar-refractivity contribution < 1.29 is 4.79 Å². The number of aryl methyl sites for hydroxylation is 2. The summed E-state index contributed by atoms with van der Waals surface area (Å²) in [7, 11) is 3.61. The van der Waals surface area contributed by atoms with Crippen molar-refractivity contribution in [3.63, 3.8) is 0 Å². The van der Waals surface area contributed by atoms with Gasteiger partial charge >= 0.3 is 0 Å². The molecule has 1 aliphatic heterocycles. The molecule has 0 spiro atoms. The highest BCUT2D eigenvalue weighted by Crippen LogP contribution is 2.22. The predicted octanol–water partition coefficient (Wildman–Crippen LogP) is 1.01. The number of carbonyl (C=O) groups excluding carboxylic acids is 1. The van der Waals surface area contributed by atoms with Gasteiger partial charge in [0.2, 0.25) is 11.9 Å². The summed E-state index contributed by atoms with van der Waals surface area (Å²) in [5.74, 6) is 1.02. The lowest BCUT2D eigenvalue weighted by atomic mass is 10.1. The molecule has 5 nitrogen and oxygen atoms in total. The molecule has 5 heteroatoms. The monoisotopic (exact) mass is 248 g/mol. The van der Waals surface area contributed by atoms with Crippen LogP contribution in [0.4, 0.5) is 5.95 Å². The maximum atomic E-state index is 11.9. The number of nitrogens with zero attached hydrogens (tertiary/aromatic N) is 4. The molecule has 1 saturated heterocycles. The fraction of sp³-hybridized carbons (Fsp3) is 0.615. The van der Waals surface area contributed by atoms with Crippen LogP contribution in [0.2, 0.25) is 0 Å². The third-order valence-corrected chi connectivity index (χ3v) is 3.23. The second kappa shape index (κ2) is 4.92. The molecule has 2 rings (SSSR count). The van der Waals surface area contributed by atoms with Crippen LogP contribution in [-0.2, 0) is 4.79 Å². The van der Waals surface area contributed by atoms with Gasteiger partial charge in [0, 0.05) is 38.6 Å². The van der Waals surface area contributed by atoms with Gasteiger partial charge in [-0.2, -0.15) is 0 Å². The van der Waals surface area contributed by atoms with Crippen LogP contribution in [0.3, 0.4) is 0 Å². The molecule has 1 aliphatic rings. The van der Waals surface area contributed by atoms with Gasteiger partial charge < -0.3 is 9.80 Å². The highest BCUT2D eigenvalue weighted by atomic mass is 16.2. The van der Waals surface area contributed by atoms with Crippen LogP contribution in [0.15, 0.2) is 6.07 Å². The van der Waals surface area contributed by atoms with Gasteiger partial charge in [0.25, 0.3) is 0 Å². The quantitative estimate of drug-likeness (QED) is 0.783. The summed E-state index contributed by atoms with van der Waals surface area (Å²) in [5.41, 5.74) is 1.94. The Balaban J connectivity index is 2.11. The van der Waals surface area contributed by atoms with Crippen LogP contribution in [0.5, 0.6) is 0 Å². The zero-order valence-corrected chi connectivity index (χ0v) is 11.5. The fourth-order valence-corrected chi connectivity index (χ4v) is 2.36. The lowest BCUT2D eigenvalue weighted by Crippen LogP contribution is -2.32. The maximum Gasteiger partial charge on any atom is 0.227 e. The van der Waals surface area contributed by atoms with Crippen molar-refractivity contribution in [2.45, 2.75) is 20.3 Å². The fourth-order valence-electron chi connectivity index (χ4n) is 2.36. The second-order valence-corrected chi connectivity index (χ2v) is 5.11. The average Bonchev–Trinajstić information content (AvgIpc) is 2.75. The van der Waals surface area contributed by atoms with Gasteiger partial charge in [0.1, 0.15) is 0 Å². The first-order chi connectivity index (χ1) is 8.47. The average molecular weight is 248 g/mol. The summed E-state index contributed by atoms with van der Waals surface area (Å²) in [4.78, 5) is 24.6. The molecule has 1 atom stereocenters. The Bertz CT molecular complexity index is 438. The number of amides is 1. The molecule has 0 saturated carbocycles. The number of aromatic nitrogens is 2. The van der Waals surface area contributed by atoms with Crippen LogP contribution in [-0.4, -0.2) is 48.0 Å². The molecule has 1 fully saturated rings. The highest BCUT2D eigenvalue weighted by molar-refractivity contribution is 5.79. The third kappa shape index (κ3) is 2.60. The molecule has 1 aromatic heterocycles. The molecule has 0 aliphatic carbocycles. The van der Waals surface area contributed by atoms with Gasteiger partial charge in [-0.3, -0.25) is 4.79 Å². The first kappa shape index (κ1) is 12.8. The van der Waals surface area contributed by atoms with E-state index in [1.54, 1.807) is 19.0 Å². The zero-order valence-electron chi connectivity index (χ0n) is 11.5. The Morgan fingerprint density at radius 1 is 1.33 bits per heavy atom. The van der Waals surface area contributed by atoms with E-state index < -0.39 is 0 Å². The van der Waals surface area contributed by atoms with Crippen molar-refractivity contribution in [1.82, 2.24) is 14.9 Å². The molecule has 0 N–H and O–H groups in total. The Morgan fingerprint density at radius 2 is 1.94 bits per heavy atom. The lowest BCUT2D eigenvalue weighted by molar-refractivity contribution is -0.132. The van der Waals surface area contributed by atoms with Crippen LogP contribution < -0.4 is 4.90 Å². The lowest BCUT2D eigenvalue weighted by Gasteiger charge is -2.18. The number of anilines is 1. The summed E-state index contributed by atoms with van der Waals surface area (Å²) >= 11 is 0. The Morgan fingerprint density at radius 3 is 2.50 bits per heavy atom. The van der Waals surface area contributed by atoms with E-state index in [0.717, 1.165) is 36.8 Å². The van der Waals surface area contributed by atoms with Gasteiger partial charge in [-0.25, -0.2) is 9.97 Å². The third-order valence-electron chi connectivity index (χ3n) is 3.23. The van der Waals surface area contributed by atoms with Gasteiger partial charge in [-0.15, -0.1) is 0 Å². The van der Waals surface area contributed by atoms with Crippen molar-refractivity contribution in [2.75, 3.05) is 32.1 Å². The van der Waals surface area contributed by atoms with E-state index in [1.165, 1.54) is 0 Å². The number of carbonyl (C=O) groups is 1. The molecule has 0 radical (unpaired) electrons. The van der Waals surface area contributed by atoms with Crippen LogP contribution in [0.25, 0.3) is 0 Å². The van der Waals surface area contributed by atoms with E-state index in [4.69, 9.17) is 0 Å². The first-order valence-corrected chi connectivity index (χ1v) is 6.26. The molecule has 18 heavy (non-hydrogen) atoms. The van der Waals surface area contributed by atoms with E-state index in [-0.39, 0.29) is 11.8 Å². The second-order valence-electron chi connectivity index (χ2n) is 5.11. The standard InChI is InChI=1S/C13H20N4O/c1-9-7-10(2)15-13(14-9)17-6-5-11(8-17)12(18)16(3)4/h7,11H,5-6,8H2,1-4H3. The molecule has 0 bridgehead atoms. The number of hydrogen-bond donors (Lipinski definition) is 0. The topological polar surface area (TPSA) is 49.3 Å². The van der Waals surface area contributed by atoms with Crippen LogP contribution >= 0.6 is 0 Å². The SMILES string of the molecule is Cc1cc(C)nc(N2CCC(C(=O)N(C)C)C2)n1. The van der Waals surface area contributed by atoms with Crippen molar-refractivity contribution in [1.29, 1.82) is 0 Å². The van der Waals surface area contributed by atoms with Crippen molar-refractivity contribution in [3.8, 4) is 0 Å². The summed E-state index contributed by atoms with van der Waals surface area (Å²) in [5, 5.41) is 0. The summed E-state index contributed by atoms with van der Waals surface area (Å²) < 4.78 is 0. The van der Waals surface area contributed by atoms with Gasteiger partial charge in [0.15, 0.2) is 0 Å².